The molecule has 8 nitrogen and oxygen atoms in total. The van der Waals surface area contributed by atoms with Crippen LogP contribution in [-0.2, 0) is 14.8 Å². The van der Waals surface area contributed by atoms with Gasteiger partial charge in [0.2, 0.25) is 15.9 Å². The first-order chi connectivity index (χ1) is 16.4. The van der Waals surface area contributed by atoms with E-state index in [9.17, 15) is 13.2 Å². The SMILES string of the molecule is CCOc1ccc(/C=C/C(=O)Nc2cc(S(=O)(=O)N3CCCCCC3)ccc2OC)cc1OC. The van der Waals surface area contributed by atoms with E-state index in [1.54, 1.807) is 31.4 Å². The van der Waals surface area contributed by atoms with Crippen molar-refractivity contribution >= 4 is 27.7 Å². The first kappa shape index (κ1) is 25.6. The van der Waals surface area contributed by atoms with Crippen molar-refractivity contribution < 1.29 is 27.4 Å². The summed E-state index contributed by atoms with van der Waals surface area (Å²) in [5.41, 5.74) is 1.04. The molecule has 1 fully saturated rings. The van der Waals surface area contributed by atoms with Gasteiger partial charge in [-0.1, -0.05) is 18.9 Å². The number of carbonyl (C=O) groups excluding carboxylic acids is 1. The average Bonchev–Trinajstić information content (AvgIpc) is 3.14. The van der Waals surface area contributed by atoms with Crippen LogP contribution in [0.3, 0.4) is 0 Å². The number of rotatable bonds is 9. The first-order valence-corrected chi connectivity index (χ1v) is 12.8. The van der Waals surface area contributed by atoms with Crippen LogP contribution in [0.1, 0.15) is 38.2 Å². The van der Waals surface area contributed by atoms with Crippen LogP contribution in [0, 0.1) is 0 Å². The Bertz CT molecular complexity index is 1120. The molecule has 3 rings (SSSR count). The summed E-state index contributed by atoms with van der Waals surface area (Å²) in [5, 5.41) is 2.73. The van der Waals surface area contributed by atoms with E-state index in [4.69, 9.17) is 14.2 Å². The zero-order chi connectivity index (χ0) is 24.6. The van der Waals surface area contributed by atoms with Gasteiger partial charge >= 0.3 is 0 Å². The fourth-order valence-electron chi connectivity index (χ4n) is 3.79. The molecule has 0 spiro atoms. The van der Waals surface area contributed by atoms with Gasteiger partial charge in [0.05, 0.1) is 31.4 Å². The van der Waals surface area contributed by atoms with Gasteiger partial charge in [0, 0.05) is 19.2 Å². The Morgan fingerprint density at radius 1 is 0.971 bits per heavy atom. The van der Waals surface area contributed by atoms with Gasteiger partial charge in [0.15, 0.2) is 11.5 Å². The maximum atomic E-state index is 13.2. The molecule has 9 heteroatoms. The standard InChI is InChI=1S/C25H32N2O6S/c1-4-33-23-12-9-19(17-24(23)32-3)10-14-25(28)26-21-18-20(11-13-22(21)31-2)34(29,30)27-15-7-5-6-8-16-27/h9-14,17-18H,4-8,15-16H2,1-3H3,(H,26,28)/b14-10+. The Hall–Kier alpha value is -3.04. The van der Waals surface area contributed by atoms with Crippen LogP contribution >= 0.6 is 0 Å². The lowest BCUT2D eigenvalue weighted by molar-refractivity contribution is -0.111. The monoisotopic (exact) mass is 488 g/mol. The third kappa shape index (κ3) is 6.30. The number of sulfonamides is 1. The van der Waals surface area contributed by atoms with Crippen molar-refractivity contribution in [3.63, 3.8) is 0 Å². The van der Waals surface area contributed by atoms with E-state index in [0.717, 1.165) is 31.2 Å². The Labute approximate surface area is 201 Å². The summed E-state index contributed by atoms with van der Waals surface area (Å²) in [4.78, 5) is 12.7. The summed E-state index contributed by atoms with van der Waals surface area (Å²) in [6, 6.07) is 9.87. The number of hydrogen-bond donors (Lipinski definition) is 1. The topological polar surface area (TPSA) is 94.2 Å². The van der Waals surface area contributed by atoms with Crippen molar-refractivity contribution in [2.45, 2.75) is 37.5 Å². The highest BCUT2D eigenvalue weighted by atomic mass is 32.2. The quantitative estimate of drug-likeness (QED) is 0.529. The molecule has 0 bridgehead atoms. The molecule has 2 aromatic carbocycles. The second-order valence-corrected chi connectivity index (χ2v) is 9.78. The predicted octanol–water partition coefficient (Wildman–Crippen LogP) is 4.32. The van der Waals surface area contributed by atoms with E-state index in [2.05, 4.69) is 5.32 Å². The van der Waals surface area contributed by atoms with E-state index >= 15 is 0 Å². The van der Waals surface area contributed by atoms with E-state index in [1.807, 2.05) is 13.0 Å². The van der Waals surface area contributed by atoms with Gasteiger partial charge in [-0.25, -0.2) is 8.42 Å². The summed E-state index contributed by atoms with van der Waals surface area (Å²) >= 11 is 0. The van der Waals surface area contributed by atoms with Gasteiger partial charge in [-0.3, -0.25) is 4.79 Å². The highest BCUT2D eigenvalue weighted by Gasteiger charge is 2.26. The number of carbonyl (C=O) groups is 1. The average molecular weight is 489 g/mol. The van der Waals surface area contributed by atoms with Crippen LogP contribution < -0.4 is 19.5 Å². The van der Waals surface area contributed by atoms with Gasteiger partial charge < -0.3 is 19.5 Å². The molecule has 1 amide bonds. The van der Waals surface area contributed by atoms with Crippen molar-refractivity contribution in [1.82, 2.24) is 4.31 Å². The highest BCUT2D eigenvalue weighted by molar-refractivity contribution is 7.89. The van der Waals surface area contributed by atoms with Gasteiger partial charge in [0.1, 0.15) is 5.75 Å². The minimum Gasteiger partial charge on any atom is -0.495 e. The molecule has 1 heterocycles. The lowest BCUT2D eigenvalue weighted by atomic mass is 10.2. The molecular weight excluding hydrogens is 456 g/mol. The molecule has 1 saturated heterocycles. The number of ether oxygens (including phenoxy) is 3. The molecule has 0 radical (unpaired) electrons. The maximum Gasteiger partial charge on any atom is 0.248 e. The largest absolute Gasteiger partial charge is 0.495 e. The minimum absolute atomic E-state index is 0.130. The Balaban J connectivity index is 1.78. The number of anilines is 1. The van der Waals surface area contributed by atoms with Crippen LogP contribution in [0.5, 0.6) is 17.2 Å². The fraction of sp³-hybridized carbons (Fsp3) is 0.400. The van der Waals surface area contributed by atoms with Crippen LogP contribution in [-0.4, -0.2) is 52.5 Å². The van der Waals surface area contributed by atoms with Crippen LogP contribution in [0.2, 0.25) is 0 Å². The molecular formula is C25H32N2O6S. The number of hydrogen-bond acceptors (Lipinski definition) is 6. The molecule has 2 aromatic rings. The van der Waals surface area contributed by atoms with E-state index < -0.39 is 15.9 Å². The summed E-state index contributed by atoms with van der Waals surface area (Å²) in [6.07, 6.45) is 6.76. The smallest absolute Gasteiger partial charge is 0.248 e. The number of methoxy groups -OCH3 is 2. The predicted molar refractivity (Wildman–Crippen MR) is 132 cm³/mol. The minimum atomic E-state index is -3.66. The second-order valence-electron chi connectivity index (χ2n) is 7.85. The molecule has 1 aliphatic heterocycles. The van der Waals surface area contributed by atoms with E-state index in [0.29, 0.717) is 36.9 Å². The maximum absolute atomic E-state index is 13.2. The molecule has 34 heavy (non-hydrogen) atoms. The van der Waals surface area contributed by atoms with Crippen molar-refractivity contribution in [3.8, 4) is 17.2 Å². The van der Waals surface area contributed by atoms with Crippen LogP contribution in [0.25, 0.3) is 6.08 Å². The van der Waals surface area contributed by atoms with Gasteiger partial charge in [-0.05, 0) is 61.7 Å². The lowest BCUT2D eigenvalue weighted by Gasteiger charge is -2.21. The van der Waals surface area contributed by atoms with Crippen molar-refractivity contribution in [2.24, 2.45) is 0 Å². The van der Waals surface area contributed by atoms with E-state index in [1.165, 1.54) is 29.6 Å². The Morgan fingerprint density at radius 2 is 1.65 bits per heavy atom. The molecule has 1 N–H and O–H groups in total. The van der Waals surface area contributed by atoms with Gasteiger partial charge in [-0.2, -0.15) is 4.31 Å². The van der Waals surface area contributed by atoms with Gasteiger partial charge in [-0.15, -0.1) is 0 Å². The van der Waals surface area contributed by atoms with Crippen molar-refractivity contribution in [1.29, 1.82) is 0 Å². The molecule has 1 aliphatic rings. The number of nitrogens with zero attached hydrogens (tertiary/aromatic N) is 1. The summed E-state index contributed by atoms with van der Waals surface area (Å²) in [7, 11) is -0.637. The second kappa shape index (κ2) is 11.9. The molecule has 0 atom stereocenters. The fourth-order valence-corrected chi connectivity index (χ4v) is 5.33. The Kier molecular flexibility index (Phi) is 8.95. The summed E-state index contributed by atoms with van der Waals surface area (Å²) < 4.78 is 44.0. The molecule has 0 aliphatic carbocycles. The summed E-state index contributed by atoms with van der Waals surface area (Å²) in [6.45, 7) is 3.41. The number of amides is 1. The van der Waals surface area contributed by atoms with E-state index in [-0.39, 0.29) is 10.6 Å². The van der Waals surface area contributed by atoms with Crippen molar-refractivity contribution in [3.05, 3.63) is 48.0 Å². The normalized spacial score (nSPS) is 15.0. The number of benzene rings is 2. The third-order valence-corrected chi connectivity index (χ3v) is 7.44. The molecule has 0 unspecified atom stereocenters. The first-order valence-electron chi connectivity index (χ1n) is 11.4. The third-order valence-electron chi connectivity index (χ3n) is 5.55. The summed E-state index contributed by atoms with van der Waals surface area (Å²) in [5.74, 6) is 1.14. The molecule has 0 aromatic heterocycles. The number of nitrogens with one attached hydrogen (secondary N) is 1. The highest BCUT2D eigenvalue weighted by Crippen LogP contribution is 2.31. The zero-order valence-corrected chi connectivity index (χ0v) is 20.7. The van der Waals surface area contributed by atoms with Crippen LogP contribution in [0.15, 0.2) is 47.4 Å². The van der Waals surface area contributed by atoms with Crippen molar-refractivity contribution in [2.75, 3.05) is 39.2 Å². The molecule has 184 valence electrons. The molecule has 0 saturated carbocycles. The van der Waals surface area contributed by atoms with Crippen LogP contribution in [0.4, 0.5) is 5.69 Å². The zero-order valence-electron chi connectivity index (χ0n) is 19.9. The lowest BCUT2D eigenvalue weighted by Crippen LogP contribution is -2.32. The van der Waals surface area contributed by atoms with Gasteiger partial charge in [0.25, 0.3) is 0 Å². The Morgan fingerprint density at radius 3 is 2.29 bits per heavy atom.